The predicted molar refractivity (Wildman–Crippen MR) is 72.8 cm³/mol. The molecule has 0 heterocycles. The summed E-state index contributed by atoms with van der Waals surface area (Å²) in [4.78, 5) is 12.1. The van der Waals surface area contributed by atoms with Gasteiger partial charge in [0, 0.05) is 12.6 Å². The molecule has 0 aromatic heterocycles. The van der Waals surface area contributed by atoms with Gasteiger partial charge in [-0.05, 0) is 25.5 Å². The smallest absolute Gasteiger partial charge is 0.252 e. The van der Waals surface area contributed by atoms with E-state index in [2.05, 4.69) is 5.32 Å². The summed E-state index contributed by atoms with van der Waals surface area (Å²) < 4.78 is 23.8. The van der Waals surface area contributed by atoms with Crippen LogP contribution in [0.3, 0.4) is 0 Å². The van der Waals surface area contributed by atoms with E-state index in [1.165, 1.54) is 12.1 Å². The molecular weight excluding hydrogens is 266 g/mol. The van der Waals surface area contributed by atoms with Crippen molar-refractivity contribution in [1.29, 1.82) is 0 Å². The van der Waals surface area contributed by atoms with E-state index in [4.69, 9.17) is 5.11 Å². The number of sulfone groups is 1. The Bertz CT molecular complexity index is 539. The molecule has 106 valence electrons. The summed E-state index contributed by atoms with van der Waals surface area (Å²) in [5, 5.41) is 11.5. The normalized spacial score (nSPS) is 13.0. The zero-order valence-corrected chi connectivity index (χ0v) is 11.9. The Labute approximate surface area is 113 Å². The largest absolute Gasteiger partial charge is 0.396 e. The zero-order chi connectivity index (χ0) is 14.5. The Kier molecular flexibility index (Phi) is 5.50. The maximum absolute atomic E-state index is 12.1. The van der Waals surface area contributed by atoms with E-state index in [0.29, 0.717) is 6.42 Å². The van der Waals surface area contributed by atoms with E-state index in [0.717, 1.165) is 0 Å². The van der Waals surface area contributed by atoms with E-state index in [-0.39, 0.29) is 28.9 Å². The van der Waals surface area contributed by atoms with Crippen LogP contribution >= 0.6 is 0 Å². The lowest BCUT2D eigenvalue weighted by atomic mass is 10.2. The maximum Gasteiger partial charge on any atom is 0.252 e. The minimum Gasteiger partial charge on any atom is -0.396 e. The monoisotopic (exact) mass is 285 g/mol. The lowest BCUT2D eigenvalue weighted by Gasteiger charge is -2.14. The third kappa shape index (κ3) is 4.04. The molecular formula is C13H19NO4S. The fourth-order valence-corrected chi connectivity index (χ4v) is 2.74. The molecule has 0 aliphatic carbocycles. The predicted octanol–water partition coefficient (Wildman–Crippen LogP) is 0.981. The van der Waals surface area contributed by atoms with Crippen LogP contribution in [0.1, 0.15) is 30.6 Å². The van der Waals surface area contributed by atoms with Crippen LogP contribution in [0.15, 0.2) is 29.2 Å². The molecule has 6 heteroatoms. The summed E-state index contributed by atoms with van der Waals surface area (Å²) in [5.74, 6) is -0.489. The molecule has 0 fully saturated rings. The van der Waals surface area contributed by atoms with Gasteiger partial charge in [0.15, 0.2) is 9.84 Å². The lowest BCUT2D eigenvalue weighted by molar-refractivity contribution is 0.0931. The van der Waals surface area contributed by atoms with Gasteiger partial charge < -0.3 is 10.4 Å². The highest BCUT2D eigenvalue weighted by Crippen LogP contribution is 2.17. The Morgan fingerprint density at radius 3 is 2.58 bits per heavy atom. The van der Waals surface area contributed by atoms with Gasteiger partial charge in [0.05, 0.1) is 16.2 Å². The van der Waals surface area contributed by atoms with Crippen LogP contribution < -0.4 is 5.32 Å². The minimum absolute atomic E-state index is 0.0314. The second kappa shape index (κ2) is 6.68. The van der Waals surface area contributed by atoms with Gasteiger partial charge in [-0.1, -0.05) is 19.1 Å². The van der Waals surface area contributed by atoms with E-state index in [9.17, 15) is 13.2 Å². The first-order valence-electron chi connectivity index (χ1n) is 6.16. The molecule has 1 unspecified atom stereocenters. The Hall–Kier alpha value is -1.40. The van der Waals surface area contributed by atoms with Crippen LogP contribution in [0.4, 0.5) is 0 Å². The van der Waals surface area contributed by atoms with E-state index < -0.39 is 15.7 Å². The van der Waals surface area contributed by atoms with Crippen molar-refractivity contribution in [1.82, 2.24) is 5.32 Å². The van der Waals surface area contributed by atoms with Crippen LogP contribution in [0.25, 0.3) is 0 Å². The molecule has 5 nitrogen and oxygen atoms in total. The molecule has 19 heavy (non-hydrogen) atoms. The standard InChI is InChI=1S/C13H19NO4S/c1-3-19(17,18)12-7-5-4-6-11(12)13(16)14-10(2)8-9-15/h4-7,10,15H,3,8-9H2,1-2H3,(H,14,16). The SMILES string of the molecule is CCS(=O)(=O)c1ccccc1C(=O)NC(C)CCO. The lowest BCUT2D eigenvalue weighted by Crippen LogP contribution is -2.34. The second-order valence-electron chi connectivity index (χ2n) is 4.29. The highest BCUT2D eigenvalue weighted by Gasteiger charge is 2.21. The summed E-state index contributed by atoms with van der Waals surface area (Å²) in [6.45, 7) is 3.26. The molecule has 0 saturated heterocycles. The number of hydrogen-bond acceptors (Lipinski definition) is 4. The van der Waals surface area contributed by atoms with Gasteiger partial charge in [-0.25, -0.2) is 8.42 Å². The van der Waals surface area contributed by atoms with Crippen LogP contribution in [0.2, 0.25) is 0 Å². The minimum atomic E-state index is -3.43. The van der Waals surface area contributed by atoms with Crippen LogP contribution in [-0.4, -0.2) is 37.8 Å². The highest BCUT2D eigenvalue weighted by molar-refractivity contribution is 7.91. The van der Waals surface area contributed by atoms with Crippen molar-refractivity contribution in [2.45, 2.75) is 31.2 Å². The van der Waals surface area contributed by atoms with Gasteiger partial charge in [0.2, 0.25) is 0 Å². The summed E-state index contributed by atoms with van der Waals surface area (Å²) in [6, 6.07) is 5.93. The van der Waals surface area contributed by atoms with Crippen LogP contribution in [-0.2, 0) is 9.84 Å². The summed E-state index contributed by atoms with van der Waals surface area (Å²) in [6.07, 6.45) is 0.425. The molecule has 0 aliphatic rings. The number of nitrogens with one attached hydrogen (secondary N) is 1. The molecule has 0 bridgehead atoms. The van der Waals surface area contributed by atoms with Crippen molar-refractivity contribution in [2.75, 3.05) is 12.4 Å². The first kappa shape index (κ1) is 15.7. The summed E-state index contributed by atoms with van der Waals surface area (Å²) >= 11 is 0. The van der Waals surface area contributed by atoms with Crippen molar-refractivity contribution < 1.29 is 18.3 Å². The van der Waals surface area contributed by atoms with Gasteiger partial charge in [0.1, 0.15) is 0 Å². The van der Waals surface area contributed by atoms with Gasteiger partial charge in [-0.3, -0.25) is 4.79 Å². The van der Waals surface area contributed by atoms with E-state index in [1.54, 1.807) is 26.0 Å². The molecule has 1 atom stereocenters. The summed E-state index contributed by atoms with van der Waals surface area (Å²) in [5.41, 5.74) is 0.147. The van der Waals surface area contributed by atoms with E-state index >= 15 is 0 Å². The first-order chi connectivity index (χ1) is 8.92. The number of carbonyl (C=O) groups excluding carboxylic acids is 1. The molecule has 2 N–H and O–H groups in total. The van der Waals surface area contributed by atoms with Crippen LogP contribution in [0.5, 0.6) is 0 Å². The number of aliphatic hydroxyl groups excluding tert-OH is 1. The van der Waals surface area contributed by atoms with E-state index in [1.807, 2.05) is 0 Å². The van der Waals surface area contributed by atoms with Gasteiger partial charge in [0.25, 0.3) is 5.91 Å². The van der Waals surface area contributed by atoms with Gasteiger partial charge in [-0.15, -0.1) is 0 Å². The zero-order valence-electron chi connectivity index (χ0n) is 11.1. The number of rotatable bonds is 6. The average Bonchev–Trinajstić information content (AvgIpc) is 2.39. The maximum atomic E-state index is 12.1. The molecule has 1 aromatic rings. The van der Waals surface area contributed by atoms with Crippen LogP contribution in [0, 0.1) is 0 Å². The molecule has 0 saturated carbocycles. The fraction of sp³-hybridized carbons (Fsp3) is 0.462. The molecule has 0 aliphatic heterocycles. The van der Waals surface area contributed by atoms with Gasteiger partial charge in [-0.2, -0.15) is 0 Å². The van der Waals surface area contributed by atoms with Gasteiger partial charge >= 0.3 is 0 Å². The van der Waals surface area contributed by atoms with Crippen molar-refractivity contribution in [3.8, 4) is 0 Å². The molecule has 1 aromatic carbocycles. The molecule has 1 amide bonds. The average molecular weight is 285 g/mol. The molecule has 0 radical (unpaired) electrons. The topological polar surface area (TPSA) is 83.5 Å². The molecule has 0 spiro atoms. The number of amides is 1. The van der Waals surface area contributed by atoms with Crippen molar-refractivity contribution in [3.63, 3.8) is 0 Å². The second-order valence-corrected chi connectivity index (χ2v) is 6.53. The number of benzene rings is 1. The third-order valence-corrected chi connectivity index (χ3v) is 4.57. The number of carbonyl (C=O) groups is 1. The number of aliphatic hydroxyl groups is 1. The van der Waals surface area contributed by atoms with Crippen molar-refractivity contribution >= 4 is 15.7 Å². The quantitative estimate of drug-likeness (QED) is 0.816. The first-order valence-corrected chi connectivity index (χ1v) is 7.81. The number of hydrogen-bond donors (Lipinski definition) is 2. The van der Waals surface area contributed by atoms with Crippen molar-refractivity contribution in [3.05, 3.63) is 29.8 Å². The Balaban J connectivity index is 3.05. The fourth-order valence-electron chi connectivity index (χ4n) is 1.65. The Morgan fingerprint density at radius 2 is 2.00 bits per heavy atom. The highest BCUT2D eigenvalue weighted by atomic mass is 32.2. The summed E-state index contributed by atoms with van der Waals surface area (Å²) in [7, 11) is -3.43. The molecule has 1 rings (SSSR count). The third-order valence-electron chi connectivity index (χ3n) is 2.79. The van der Waals surface area contributed by atoms with Crippen molar-refractivity contribution in [2.24, 2.45) is 0 Å². The Morgan fingerprint density at radius 1 is 1.37 bits per heavy atom.